The molecule has 0 spiro atoms. The first-order valence-corrected chi connectivity index (χ1v) is 8.61. The van der Waals surface area contributed by atoms with Crippen molar-refractivity contribution in [3.8, 4) is 5.75 Å². The summed E-state index contributed by atoms with van der Waals surface area (Å²) in [4.78, 5) is 4.98. The number of piperazine rings is 1. The summed E-state index contributed by atoms with van der Waals surface area (Å²) in [6.45, 7) is 9.97. The molecule has 1 aliphatic rings. The van der Waals surface area contributed by atoms with Gasteiger partial charge in [-0.1, -0.05) is 43.3 Å². The van der Waals surface area contributed by atoms with Gasteiger partial charge in [-0.2, -0.15) is 0 Å². The molecule has 146 valence electrons. The third-order valence-electron chi connectivity index (χ3n) is 4.06. The molecule has 6 heteroatoms. The van der Waals surface area contributed by atoms with Crippen LogP contribution in [0.4, 0.5) is 4.39 Å². The van der Waals surface area contributed by atoms with Crippen LogP contribution in [0.25, 0.3) is 0 Å². The molecule has 3 nitrogen and oxygen atoms in total. The summed E-state index contributed by atoms with van der Waals surface area (Å²) in [5, 5.41) is 0. The van der Waals surface area contributed by atoms with Crippen molar-refractivity contribution in [2.75, 3.05) is 45.9 Å². The standard InChI is InChI=1S/C14H22N2O.C6H5F.2ClH/c1-2-15-8-10-16(11-9-15)12-13-17-14-6-4-3-5-7-14;7-6-4-2-1-3-5-6;;/h3-7H,2,8-13H2,1H3;1-5H;2*1H. The van der Waals surface area contributed by atoms with Crippen molar-refractivity contribution in [1.82, 2.24) is 9.80 Å². The lowest BCUT2D eigenvalue weighted by Crippen LogP contribution is -2.47. The maximum atomic E-state index is 11.9. The van der Waals surface area contributed by atoms with Crippen molar-refractivity contribution in [3.63, 3.8) is 0 Å². The number of halogens is 3. The predicted octanol–water partition coefficient (Wildman–Crippen LogP) is 4.37. The number of benzene rings is 2. The van der Waals surface area contributed by atoms with Crippen LogP contribution in [0.3, 0.4) is 0 Å². The second kappa shape index (κ2) is 14.8. The zero-order chi connectivity index (χ0) is 17.0. The molecule has 0 atom stereocenters. The van der Waals surface area contributed by atoms with Crippen LogP contribution < -0.4 is 4.74 Å². The topological polar surface area (TPSA) is 15.7 Å². The Bertz CT molecular complexity index is 552. The highest BCUT2D eigenvalue weighted by atomic mass is 35.5. The van der Waals surface area contributed by atoms with Crippen LogP contribution in [0.15, 0.2) is 60.7 Å². The van der Waals surface area contributed by atoms with E-state index in [4.69, 9.17) is 4.74 Å². The summed E-state index contributed by atoms with van der Waals surface area (Å²) in [5.41, 5.74) is 0. The van der Waals surface area contributed by atoms with Crippen LogP contribution in [0, 0.1) is 5.82 Å². The highest BCUT2D eigenvalue weighted by Crippen LogP contribution is 2.08. The van der Waals surface area contributed by atoms with Gasteiger partial charge < -0.3 is 9.64 Å². The van der Waals surface area contributed by atoms with E-state index in [9.17, 15) is 4.39 Å². The number of nitrogens with zero attached hydrogens (tertiary/aromatic N) is 2. The number of rotatable bonds is 5. The van der Waals surface area contributed by atoms with Crippen LogP contribution in [-0.4, -0.2) is 55.7 Å². The van der Waals surface area contributed by atoms with Crippen LogP contribution >= 0.6 is 24.8 Å². The van der Waals surface area contributed by atoms with Gasteiger partial charge in [-0.3, -0.25) is 4.90 Å². The molecule has 0 radical (unpaired) electrons. The normalized spacial score (nSPS) is 14.2. The fourth-order valence-corrected chi connectivity index (χ4v) is 2.55. The fraction of sp³-hybridized carbons (Fsp3) is 0.400. The highest BCUT2D eigenvalue weighted by molar-refractivity contribution is 5.85. The third-order valence-corrected chi connectivity index (χ3v) is 4.06. The molecular formula is C20H29Cl2FN2O. The summed E-state index contributed by atoms with van der Waals surface area (Å²) >= 11 is 0. The van der Waals surface area contributed by atoms with Gasteiger partial charge in [0.2, 0.25) is 0 Å². The van der Waals surface area contributed by atoms with Gasteiger partial charge in [0.1, 0.15) is 18.2 Å². The van der Waals surface area contributed by atoms with Crippen LogP contribution in [0.5, 0.6) is 5.75 Å². The monoisotopic (exact) mass is 402 g/mol. The molecule has 1 heterocycles. The Morgan fingerprint density at radius 1 is 0.808 bits per heavy atom. The van der Waals surface area contributed by atoms with Crippen LogP contribution in [0.2, 0.25) is 0 Å². The average Bonchev–Trinajstić information content (AvgIpc) is 2.64. The molecule has 0 unspecified atom stereocenters. The summed E-state index contributed by atoms with van der Waals surface area (Å²) in [5.74, 6) is 0.794. The molecule has 0 aromatic heterocycles. The number of hydrogen-bond acceptors (Lipinski definition) is 3. The Balaban J connectivity index is 0.000000592. The molecule has 0 bridgehead atoms. The van der Waals surface area contributed by atoms with Crippen molar-refractivity contribution in [2.45, 2.75) is 6.92 Å². The largest absolute Gasteiger partial charge is 0.492 e. The van der Waals surface area contributed by atoms with Crippen LogP contribution in [0.1, 0.15) is 6.92 Å². The van der Waals surface area contributed by atoms with E-state index < -0.39 is 0 Å². The molecule has 1 fully saturated rings. The Kier molecular flexibility index (Phi) is 14.0. The summed E-state index contributed by atoms with van der Waals surface area (Å²) < 4.78 is 17.6. The predicted molar refractivity (Wildman–Crippen MR) is 111 cm³/mol. The highest BCUT2D eigenvalue weighted by Gasteiger charge is 2.14. The average molecular weight is 403 g/mol. The lowest BCUT2D eigenvalue weighted by molar-refractivity contribution is 0.121. The molecule has 26 heavy (non-hydrogen) atoms. The minimum Gasteiger partial charge on any atom is -0.492 e. The smallest absolute Gasteiger partial charge is 0.123 e. The molecule has 0 aliphatic carbocycles. The van der Waals surface area contributed by atoms with Gasteiger partial charge in [0.05, 0.1) is 0 Å². The summed E-state index contributed by atoms with van der Waals surface area (Å²) in [7, 11) is 0. The molecule has 0 N–H and O–H groups in total. The maximum Gasteiger partial charge on any atom is 0.123 e. The van der Waals surface area contributed by atoms with E-state index in [1.54, 1.807) is 18.2 Å². The lowest BCUT2D eigenvalue weighted by Gasteiger charge is -2.33. The van der Waals surface area contributed by atoms with Gasteiger partial charge in [-0.25, -0.2) is 4.39 Å². The maximum absolute atomic E-state index is 11.9. The zero-order valence-electron chi connectivity index (χ0n) is 15.2. The van der Waals surface area contributed by atoms with E-state index in [-0.39, 0.29) is 30.6 Å². The molecule has 1 aliphatic heterocycles. The molecule has 2 aromatic carbocycles. The number of ether oxygens (including phenoxy) is 1. The Morgan fingerprint density at radius 2 is 1.31 bits per heavy atom. The van der Waals surface area contributed by atoms with Crippen molar-refractivity contribution in [3.05, 3.63) is 66.5 Å². The Morgan fingerprint density at radius 3 is 1.77 bits per heavy atom. The van der Waals surface area contributed by atoms with Gasteiger partial charge >= 0.3 is 0 Å². The quantitative estimate of drug-likeness (QED) is 0.737. The SMILES string of the molecule is CCN1CCN(CCOc2ccccc2)CC1.Cl.Cl.Fc1ccccc1. The van der Waals surface area contributed by atoms with E-state index in [1.807, 2.05) is 30.3 Å². The zero-order valence-corrected chi connectivity index (χ0v) is 16.9. The first-order valence-electron chi connectivity index (χ1n) is 8.61. The van der Waals surface area contributed by atoms with E-state index in [2.05, 4.69) is 16.7 Å². The number of likely N-dealkylation sites (N-methyl/N-ethyl adjacent to an activating group) is 1. The van der Waals surface area contributed by atoms with Gasteiger partial charge in [0.15, 0.2) is 0 Å². The van der Waals surface area contributed by atoms with E-state index >= 15 is 0 Å². The first kappa shape index (κ1) is 24.7. The van der Waals surface area contributed by atoms with E-state index in [1.165, 1.54) is 44.9 Å². The summed E-state index contributed by atoms with van der Waals surface area (Å²) in [6, 6.07) is 18.0. The van der Waals surface area contributed by atoms with E-state index in [0.29, 0.717) is 0 Å². The molecule has 2 aromatic rings. The lowest BCUT2D eigenvalue weighted by atomic mass is 10.3. The molecule has 3 rings (SSSR count). The molecule has 0 saturated carbocycles. The minimum absolute atomic E-state index is 0. The number of hydrogen-bond donors (Lipinski definition) is 0. The molecular weight excluding hydrogens is 374 g/mol. The number of para-hydroxylation sites is 1. The molecule has 1 saturated heterocycles. The van der Waals surface area contributed by atoms with Gasteiger partial charge in [-0.05, 0) is 30.8 Å². The first-order chi connectivity index (χ1) is 11.8. The second-order valence-electron chi connectivity index (χ2n) is 5.73. The fourth-order valence-electron chi connectivity index (χ4n) is 2.55. The van der Waals surface area contributed by atoms with Crippen LogP contribution in [-0.2, 0) is 0 Å². The summed E-state index contributed by atoms with van der Waals surface area (Å²) in [6.07, 6.45) is 0. The van der Waals surface area contributed by atoms with Crippen molar-refractivity contribution in [2.24, 2.45) is 0 Å². The minimum atomic E-state index is -0.178. The van der Waals surface area contributed by atoms with Gasteiger partial charge in [0, 0.05) is 32.7 Å². The van der Waals surface area contributed by atoms with Gasteiger partial charge in [0.25, 0.3) is 0 Å². The Hall–Kier alpha value is -1.33. The molecule has 0 amide bonds. The third kappa shape index (κ3) is 9.97. The van der Waals surface area contributed by atoms with Crippen molar-refractivity contribution >= 4 is 24.8 Å². The second-order valence-corrected chi connectivity index (χ2v) is 5.73. The Labute approximate surface area is 169 Å². The van der Waals surface area contributed by atoms with Gasteiger partial charge in [-0.15, -0.1) is 24.8 Å². The van der Waals surface area contributed by atoms with Crippen molar-refractivity contribution < 1.29 is 9.13 Å². The van der Waals surface area contributed by atoms with Crippen molar-refractivity contribution in [1.29, 1.82) is 0 Å². The van der Waals surface area contributed by atoms with E-state index in [0.717, 1.165) is 18.9 Å².